The third-order valence-corrected chi connectivity index (χ3v) is 2.59. The largest absolute Gasteiger partial charge is 0.394 e. The molecular formula is C12H18N2O4. The Morgan fingerprint density at radius 1 is 1.06 bits per heavy atom. The molecule has 0 atom stereocenters. The molecule has 0 aromatic heterocycles. The molecule has 0 aliphatic carbocycles. The number of rotatable bonds is 7. The average molecular weight is 254 g/mol. The molecule has 1 aromatic carbocycles. The monoisotopic (exact) mass is 254 g/mol. The number of carbonyl (C=O) groups excluding carboxylic acids is 1. The SMILES string of the molecule is O=C(CNC(CO)(CO)CO)Nc1ccccc1. The van der Waals surface area contributed by atoms with Gasteiger partial charge in [0.15, 0.2) is 0 Å². The molecule has 6 heteroatoms. The molecule has 0 heterocycles. The van der Waals surface area contributed by atoms with E-state index in [0.29, 0.717) is 5.69 Å². The van der Waals surface area contributed by atoms with E-state index < -0.39 is 25.4 Å². The molecule has 6 nitrogen and oxygen atoms in total. The quantitative estimate of drug-likeness (QED) is 0.426. The second kappa shape index (κ2) is 7.07. The van der Waals surface area contributed by atoms with Gasteiger partial charge in [-0.15, -0.1) is 0 Å². The summed E-state index contributed by atoms with van der Waals surface area (Å²) in [4.78, 5) is 11.6. The lowest BCUT2D eigenvalue weighted by Crippen LogP contribution is -2.56. The maximum absolute atomic E-state index is 11.6. The van der Waals surface area contributed by atoms with E-state index in [9.17, 15) is 4.79 Å². The Labute approximate surface area is 105 Å². The van der Waals surface area contributed by atoms with Crippen molar-refractivity contribution >= 4 is 11.6 Å². The van der Waals surface area contributed by atoms with Crippen LogP contribution in [0, 0.1) is 0 Å². The molecule has 0 saturated carbocycles. The summed E-state index contributed by atoms with van der Waals surface area (Å²) in [6, 6.07) is 8.91. The first kappa shape index (κ1) is 14.6. The number of aliphatic hydroxyl groups excluding tert-OH is 3. The number of benzene rings is 1. The molecule has 0 radical (unpaired) electrons. The average Bonchev–Trinajstić information content (AvgIpc) is 2.42. The number of para-hydroxylation sites is 1. The highest BCUT2D eigenvalue weighted by molar-refractivity contribution is 5.92. The van der Waals surface area contributed by atoms with Gasteiger partial charge in [0.2, 0.25) is 5.91 Å². The zero-order valence-electron chi connectivity index (χ0n) is 9.97. The molecule has 0 aliphatic heterocycles. The fourth-order valence-corrected chi connectivity index (χ4v) is 1.31. The summed E-state index contributed by atoms with van der Waals surface area (Å²) in [5, 5.41) is 32.5. The van der Waals surface area contributed by atoms with E-state index in [1.807, 2.05) is 6.07 Å². The van der Waals surface area contributed by atoms with E-state index in [1.165, 1.54) is 0 Å². The predicted molar refractivity (Wildman–Crippen MR) is 67.1 cm³/mol. The molecule has 1 rings (SSSR count). The van der Waals surface area contributed by atoms with Crippen LogP contribution in [0.25, 0.3) is 0 Å². The van der Waals surface area contributed by atoms with Gasteiger partial charge in [-0.1, -0.05) is 18.2 Å². The Morgan fingerprint density at radius 3 is 2.11 bits per heavy atom. The first-order chi connectivity index (χ1) is 8.65. The highest BCUT2D eigenvalue weighted by Crippen LogP contribution is 2.05. The summed E-state index contributed by atoms with van der Waals surface area (Å²) in [6.07, 6.45) is 0. The highest BCUT2D eigenvalue weighted by atomic mass is 16.3. The van der Waals surface area contributed by atoms with Crippen LogP contribution in [0.2, 0.25) is 0 Å². The van der Waals surface area contributed by atoms with Crippen molar-refractivity contribution in [2.75, 3.05) is 31.7 Å². The summed E-state index contributed by atoms with van der Waals surface area (Å²) < 4.78 is 0. The minimum Gasteiger partial charge on any atom is -0.394 e. The summed E-state index contributed by atoms with van der Waals surface area (Å²) in [6.45, 7) is -1.49. The predicted octanol–water partition coefficient (Wildman–Crippen LogP) is -1.07. The van der Waals surface area contributed by atoms with E-state index >= 15 is 0 Å². The Bertz CT molecular complexity index is 357. The van der Waals surface area contributed by atoms with Gasteiger partial charge in [0, 0.05) is 5.69 Å². The smallest absolute Gasteiger partial charge is 0.238 e. The molecule has 5 N–H and O–H groups in total. The van der Waals surface area contributed by atoms with Crippen molar-refractivity contribution in [1.82, 2.24) is 5.32 Å². The van der Waals surface area contributed by atoms with Crippen LogP contribution >= 0.6 is 0 Å². The molecule has 0 spiro atoms. The minimum absolute atomic E-state index is 0.115. The van der Waals surface area contributed by atoms with Gasteiger partial charge in [-0.05, 0) is 12.1 Å². The first-order valence-corrected chi connectivity index (χ1v) is 5.58. The topological polar surface area (TPSA) is 102 Å². The van der Waals surface area contributed by atoms with Crippen molar-refractivity contribution in [1.29, 1.82) is 0 Å². The molecule has 0 saturated heterocycles. The summed E-state index contributed by atoms with van der Waals surface area (Å²) in [5.74, 6) is -0.319. The lowest BCUT2D eigenvalue weighted by molar-refractivity contribution is -0.116. The van der Waals surface area contributed by atoms with Crippen LogP contribution in [0.4, 0.5) is 5.69 Å². The van der Waals surface area contributed by atoms with Crippen LogP contribution in [0.15, 0.2) is 30.3 Å². The number of aliphatic hydroxyl groups is 3. The normalized spacial score (nSPS) is 11.3. The standard InChI is InChI=1S/C12H18N2O4/c15-7-12(8-16,9-17)13-6-11(18)14-10-4-2-1-3-5-10/h1-5,13,15-17H,6-9H2,(H,14,18). The molecule has 100 valence electrons. The third kappa shape index (κ3) is 4.08. The molecule has 0 aliphatic rings. The Balaban J connectivity index is 2.46. The van der Waals surface area contributed by atoms with Gasteiger partial charge in [0.05, 0.1) is 31.9 Å². The van der Waals surface area contributed by atoms with Gasteiger partial charge in [0.1, 0.15) is 0 Å². The van der Waals surface area contributed by atoms with Crippen molar-refractivity contribution in [3.8, 4) is 0 Å². The number of amides is 1. The number of carbonyl (C=O) groups is 1. The molecule has 1 aromatic rings. The molecule has 0 unspecified atom stereocenters. The van der Waals surface area contributed by atoms with E-state index in [4.69, 9.17) is 15.3 Å². The van der Waals surface area contributed by atoms with Crippen molar-refractivity contribution < 1.29 is 20.1 Å². The number of nitrogens with one attached hydrogen (secondary N) is 2. The van der Waals surface area contributed by atoms with E-state index in [1.54, 1.807) is 24.3 Å². The molecular weight excluding hydrogens is 236 g/mol. The summed E-state index contributed by atoms with van der Waals surface area (Å²) in [7, 11) is 0. The Kier molecular flexibility index (Phi) is 5.73. The van der Waals surface area contributed by atoms with Gasteiger partial charge >= 0.3 is 0 Å². The van der Waals surface area contributed by atoms with Crippen molar-refractivity contribution in [2.45, 2.75) is 5.54 Å². The maximum atomic E-state index is 11.6. The first-order valence-electron chi connectivity index (χ1n) is 5.58. The van der Waals surface area contributed by atoms with E-state index in [0.717, 1.165) is 0 Å². The van der Waals surface area contributed by atoms with Crippen LogP contribution in [-0.4, -0.2) is 53.1 Å². The van der Waals surface area contributed by atoms with Gasteiger partial charge in [0.25, 0.3) is 0 Å². The van der Waals surface area contributed by atoms with Crippen LogP contribution in [0.3, 0.4) is 0 Å². The van der Waals surface area contributed by atoms with Gasteiger partial charge in [-0.3, -0.25) is 10.1 Å². The molecule has 0 fully saturated rings. The third-order valence-electron chi connectivity index (χ3n) is 2.59. The molecule has 0 bridgehead atoms. The van der Waals surface area contributed by atoms with Crippen LogP contribution in [0.5, 0.6) is 0 Å². The second-order valence-corrected chi connectivity index (χ2v) is 4.02. The lowest BCUT2D eigenvalue weighted by atomic mass is 10.0. The highest BCUT2D eigenvalue weighted by Gasteiger charge is 2.27. The zero-order valence-corrected chi connectivity index (χ0v) is 9.97. The molecule has 1 amide bonds. The fraction of sp³-hybridized carbons (Fsp3) is 0.417. The number of hydrogen-bond donors (Lipinski definition) is 5. The van der Waals surface area contributed by atoms with Crippen LogP contribution in [-0.2, 0) is 4.79 Å². The van der Waals surface area contributed by atoms with Gasteiger partial charge in [-0.25, -0.2) is 0 Å². The Hall–Kier alpha value is -1.47. The van der Waals surface area contributed by atoms with Crippen molar-refractivity contribution in [3.05, 3.63) is 30.3 Å². The summed E-state index contributed by atoms with van der Waals surface area (Å²) in [5.41, 5.74) is -0.583. The minimum atomic E-state index is -1.24. The number of hydrogen-bond acceptors (Lipinski definition) is 5. The zero-order chi connectivity index (χ0) is 13.4. The van der Waals surface area contributed by atoms with E-state index in [2.05, 4.69) is 10.6 Å². The van der Waals surface area contributed by atoms with Crippen molar-refractivity contribution in [3.63, 3.8) is 0 Å². The lowest BCUT2D eigenvalue weighted by Gasteiger charge is -2.28. The fourth-order valence-electron chi connectivity index (χ4n) is 1.31. The second-order valence-electron chi connectivity index (χ2n) is 4.02. The van der Waals surface area contributed by atoms with Crippen LogP contribution < -0.4 is 10.6 Å². The number of anilines is 1. The summed E-state index contributed by atoms with van der Waals surface area (Å²) >= 11 is 0. The van der Waals surface area contributed by atoms with E-state index in [-0.39, 0.29) is 12.5 Å². The van der Waals surface area contributed by atoms with Crippen molar-refractivity contribution in [2.24, 2.45) is 0 Å². The Morgan fingerprint density at radius 2 is 1.61 bits per heavy atom. The van der Waals surface area contributed by atoms with Gasteiger partial charge < -0.3 is 20.6 Å². The van der Waals surface area contributed by atoms with Crippen LogP contribution in [0.1, 0.15) is 0 Å². The molecule has 18 heavy (non-hydrogen) atoms. The van der Waals surface area contributed by atoms with Gasteiger partial charge in [-0.2, -0.15) is 0 Å². The maximum Gasteiger partial charge on any atom is 0.238 e.